The summed E-state index contributed by atoms with van der Waals surface area (Å²) in [6.07, 6.45) is 0. The van der Waals surface area contributed by atoms with Gasteiger partial charge in [0, 0.05) is 28.0 Å². The summed E-state index contributed by atoms with van der Waals surface area (Å²) in [5.41, 5.74) is 3.64. The topological polar surface area (TPSA) is 92.8 Å². The largest absolute Gasteiger partial charge is 0.508 e. The maximum absolute atomic E-state index is 12.2. The van der Waals surface area contributed by atoms with E-state index in [1.807, 2.05) is 62.4 Å². The number of aromatic hydroxyl groups is 1. The van der Waals surface area contributed by atoms with E-state index >= 15 is 0 Å². The SMILES string of the molecule is CC(C)(CO)c1ccc(O)cc1.CC1(C)COc2cc3oc(=O)c(-c4ccccc4)nc3cc21. The van der Waals surface area contributed by atoms with Gasteiger partial charge in [-0.3, -0.25) is 0 Å². The molecule has 6 heteroatoms. The molecule has 0 radical (unpaired) electrons. The fourth-order valence-electron chi connectivity index (χ4n) is 3.80. The number of benzene rings is 3. The van der Waals surface area contributed by atoms with Gasteiger partial charge in [0.15, 0.2) is 11.3 Å². The monoisotopic (exact) mass is 459 g/mol. The average molecular weight is 460 g/mol. The number of aliphatic hydroxyl groups excluding tert-OH is 1. The van der Waals surface area contributed by atoms with Crippen molar-refractivity contribution in [3.05, 3.63) is 88.3 Å². The molecule has 0 aliphatic carbocycles. The molecule has 1 aliphatic heterocycles. The van der Waals surface area contributed by atoms with Crippen molar-refractivity contribution in [2.75, 3.05) is 13.2 Å². The van der Waals surface area contributed by atoms with Crippen molar-refractivity contribution in [3.63, 3.8) is 0 Å². The lowest BCUT2D eigenvalue weighted by molar-refractivity contribution is 0.218. The van der Waals surface area contributed by atoms with Crippen LogP contribution in [0, 0.1) is 0 Å². The number of phenols is 1. The molecule has 0 fully saturated rings. The first kappa shape index (κ1) is 23.5. The summed E-state index contributed by atoms with van der Waals surface area (Å²) in [4.78, 5) is 16.7. The zero-order chi connectivity index (χ0) is 24.5. The third-order valence-electron chi connectivity index (χ3n) is 6.10. The number of fused-ring (bicyclic) bond motifs is 2. The van der Waals surface area contributed by atoms with E-state index in [4.69, 9.17) is 19.4 Å². The predicted octanol–water partition coefficient (Wildman–Crippen LogP) is 5.19. The molecule has 34 heavy (non-hydrogen) atoms. The number of hydrogen-bond donors (Lipinski definition) is 2. The van der Waals surface area contributed by atoms with Crippen LogP contribution in [-0.4, -0.2) is 28.4 Å². The Labute approximate surface area is 198 Å². The maximum Gasteiger partial charge on any atom is 0.363 e. The van der Waals surface area contributed by atoms with Crippen LogP contribution in [0.1, 0.15) is 38.8 Å². The second-order valence-electron chi connectivity index (χ2n) is 9.79. The van der Waals surface area contributed by atoms with E-state index in [-0.39, 0.29) is 23.2 Å². The van der Waals surface area contributed by atoms with Gasteiger partial charge in [0.05, 0.1) is 13.2 Å². The Morgan fingerprint density at radius 1 is 1.03 bits per heavy atom. The second-order valence-corrected chi connectivity index (χ2v) is 9.79. The number of phenolic OH excluding ortho intramolecular Hbond substituents is 1. The van der Waals surface area contributed by atoms with Crippen molar-refractivity contribution in [2.45, 2.75) is 38.5 Å². The smallest absolute Gasteiger partial charge is 0.363 e. The Kier molecular flexibility index (Phi) is 6.19. The third kappa shape index (κ3) is 4.68. The van der Waals surface area contributed by atoms with E-state index in [2.05, 4.69) is 18.8 Å². The van der Waals surface area contributed by atoms with Crippen LogP contribution >= 0.6 is 0 Å². The number of aromatic nitrogens is 1. The van der Waals surface area contributed by atoms with Gasteiger partial charge in [-0.15, -0.1) is 0 Å². The lowest BCUT2D eigenvalue weighted by Gasteiger charge is -2.21. The lowest BCUT2D eigenvalue weighted by Crippen LogP contribution is -2.21. The van der Waals surface area contributed by atoms with E-state index in [0.29, 0.717) is 23.4 Å². The second kappa shape index (κ2) is 8.95. The molecule has 6 nitrogen and oxygen atoms in total. The summed E-state index contributed by atoms with van der Waals surface area (Å²) < 4.78 is 11.1. The van der Waals surface area contributed by atoms with Crippen molar-refractivity contribution in [3.8, 4) is 22.8 Å². The molecule has 1 aromatic heterocycles. The molecule has 176 valence electrons. The van der Waals surface area contributed by atoms with Crippen LogP contribution in [0.3, 0.4) is 0 Å². The highest BCUT2D eigenvalue weighted by atomic mass is 16.5. The highest BCUT2D eigenvalue weighted by molar-refractivity contribution is 5.78. The third-order valence-corrected chi connectivity index (χ3v) is 6.10. The van der Waals surface area contributed by atoms with Crippen LogP contribution in [0.4, 0.5) is 0 Å². The van der Waals surface area contributed by atoms with E-state index < -0.39 is 5.63 Å². The summed E-state index contributed by atoms with van der Waals surface area (Å²) in [6.45, 7) is 8.90. The molecule has 0 atom stereocenters. The molecule has 0 unspecified atom stereocenters. The Hall–Kier alpha value is -3.64. The first-order chi connectivity index (χ1) is 16.1. The van der Waals surface area contributed by atoms with Gasteiger partial charge in [-0.05, 0) is 23.8 Å². The first-order valence-corrected chi connectivity index (χ1v) is 11.2. The molecular weight excluding hydrogens is 430 g/mol. The van der Waals surface area contributed by atoms with E-state index in [1.54, 1.807) is 18.2 Å². The van der Waals surface area contributed by atoms with Crippen molar-refractivity contribution >= 4 is 11.1 Å². The quantitative estimate of drug-likeness (QED) is 0.438. The fraction of sp³-hybridized carbons (Fsp3) is 0.286. The van der Waals surface area contributed by atoms with Crippen molar-refractivity contribution in [1.29, 1.82) is 0 Å². The van der Waals surface area contributed by atoms with Gasteiger partial charge >= 0.3 is 5.63 Å². The normalized spacial score (nSPS) is 14.1. The Balaban J connectivity index is 0.000000195. The van der Waals surface area contributed by atoms with E-state index in [1.165, 1.54) is 0 Å². The van der Waals surface area contributed by atoms with Crippen LogP contribution in [0.2, 0.25) is 0 Å². The molecule has 1 aliphatic rings. The summed E-state index contributed by atoms with van der Waals surface area (Å²) in [7, 11) is 0. The summed E-state index contributed by atoms with van der Waals surface area (Å²) >= 11 is 0. The van der Waals surface area contributed by atoms with Gasteiger partial charge in [0.1, 0.15) is 17.0 Å². The molecule has 0 spiro atoms. The molecule has 2 N–H and O–H groups in total. The van der Waals surface area contributed by atoms with Crippen LogP contribution in [0.5, 0.6) is 11.5 Å². The molecule has 0 saturated carbocycles. The van der Waals surface area contributed by atoms with Crippen molar-refractivity contribution in [2.24, 2.45) is 0 Å². The van der Waals surface area contributed by atoms with Crippen molar-refractivity contribution < 1.29 is 19.4 Å². The minimum Gasteiger partial charge on any atom is -0.508 e. The van der Waals surface area contributed by atoms with Gasteiger partial charge in [-0.2, -0.15) is 0 Å². The maximum atomic E-state index is 12.2. The lowest BCUT2D eigenvalue weighted by atomic mass is 9.86. The molecule has 0 saturated heterocycles. The minimum atomic E-state index is -0.434. The van der Waals surface area contributed by atoms with Crippen molar-refractivity contribution in [1.82, 2.24) is 4.98 Å². The summed E-state index contributed by atoms with van der Waals surface area (Å²) in [5, 5.41) is 18.1. The standard InChI is InChI=1S/C18H15NO3.C10H14O2/c1-18(2)10-21-14-9-15-13(8-12(14)18)19-16(17(20)22-15)11-6-4-3-5-7-11;1-10(2,7-11)8-3-5-9(12)6-4-8/h3-9H,10H2,1-2H3;3-6,11-12H,7H2,1-2H3. The molecule has 5 rings (SSSR count). The highest BCUT2D eigenvalue weighted by Crippen LogP contribution is 2.40. The highest BCUT2D eigenvalue weighted by Gasteiger charge is 2.32. The summed E-state index contributed by atoms with van der Waals surface area (Å²) in [5.74, 6) is 1.03. The number of aliphatic hydroxyl groups is 1. The Morgan fingerprint density at radius 3 is 2.35 bits per heavy atom. The van der Waals surface area contributed by atoms with Gasteiger partial charge in [0.25, 0.3) is 0 Å². The van der Waals surface area contributed by atoms with Gasteiger partial charge < -0.3 is 19.4 Å². The van der Waals surface area contributed by atoms with Crippen LogP contribution < -0.4 is 10.4 Å². The van der Waals surface area contributed by atoms with Crippen LogP contribution in [-0.2, 0) is 10.8 Å². The number of ether oxygens (including phenoxy) is 1. The van der Waals surface area contributed by atoms with Gasteiger partial charge in [-0.1, -0.05) is 70.2 Å². The zero-order valence-corrected chi connectivity index (χ0v) is 19.8. The number of rotatable bonds is 3. The molecule has 0 amide bonds. The fourth-order valence-corrected chi connectivity index (χ4v) is 3.80. The minimum absolute atomic E-state index is 0.0613. The molecule has 0 bridgehead atoms. The first-order valence-electron chi connectivity index (χ1n) is 11.2. The molecule has 2 heterocycles. The Morgan fingerprint density at radius 2 is 1.71 bits per heavy atom. The van der Waals surface area contributed by atoms with Gasteiger partial charge in [0.2, 0.25) is 0 Å². The molecular formula is C28H29NO5. The van der Waals surface area contributed by atoms with Crippen LogP contribution in [0.25, 0.3) is 22.4 Å². The van der Waals surface area contributed by atoms with Gasteiger partial charge in [-0.25, -0.2) is 9.78 Å². The Bertz CT molecular complexity index is 1360. The average Bonchev–Trinajstić information content (AvgIpc) is 3.12. The van der Waals surface area contributed by atoms with E-state index in [9.17, 15) is 4.79 Å². The summed E-state index contributed by atoms with van der Waals surface area (Å²) in [6, 6.07) is 20.0. The molecule has 4 aromatic rings. The number of nitrogens with zero attached hydrogens (tertiary/aromatic N) is 1. The van der Waals surface area contributed by atoms with E-state index in [0.717, 1.165) is 22.4 Å². The number of hydrogen-bond acceptors (Lipinski definition) is 6. The molecule has 3 aromatic carbocycles. The predicted molar refractivity (Wildman–Crippen MR) is 132 cm³/mol. The van der Waals surface area contributed by atoms with Crippen LogP contribution in [0.15, 0.2) is 75.9 Å². The zero-order valence-electron chi connectivity index (χ0n) is 19.8.